The van der Waals surface area contributed by atoms with E-state index >= 15 is 0 Å². The molecule has 10 heteroatoms. The van der Waals surface area contributed by atoms with Gasteiger partial charge in [-0.15, -0.1) is 11.3 Å². The number of nitrogens with zero attached hydrogens (tertiary/aromatic N) is 2. The molecule has 31 heavy (non-hydrogen) atoms. The SMILES string of the molecule is COCc1ccc(CNC(=O)c2cc(OC)c(OCc3cscn3)cc2[N+](=O)[O-])cc1. The number of nitrogens with one attached hydrogen (secondary N) is 1. The van der Waals surface area contributed by atoms with Crippen molar-refractivity contribution in [2.45, 2.75) is 19.8 Å². The zero-order chi connectivity index (χ0) is 22.2. The molecule has 3 aromatic rings. The van der Waals surface area contributed by atoms with E-state index < -0.39 is 10.8 Å². The molecule has 1 aromatic heterocycles. The lowest BCUT2D eigenvalue weighted by molar-refractivity contribution is -0.385. The van der Waals surface area contributed by atoms with Crippen LogP contribution >= 0.6 is 11.3 Å². The number of amides is 1. The van der Waals surface area contributed by atoms with Crippen molar-refractivity contribution in [1.82, 2.24) is 10.3 Å². The fourth-order valence-electron chi connectivity index (χ4n) is 2.81. The fraction of sp³-hybridized carbons (Fsp3) is 0.238. The number of carbonyl (C=O) groups is 1. The van der Waals surface area contributed by atoms with E-state index in [9.17, 15) is 14.9 Å². The quantitative estimate of drug-likeness (QED) is 0.375. The number of thiazole rings is 1. The van der Waals surface area contributed by atoms with Crippen molar-refractivity contribution in [3.8, 4) is 11.5 Å². The van der Waals surface area contributed by atoms with Crippen LogP contribution in [0.2, 0.25) is 0 Å². The Labute approximate surface area is 182 Å². The second-order valence-electron chi connectivity index (χ2n) is 6.48. The molecule has 1 amide bonds. The Morgan fingerprint density at radius 1 is 1.13 bits per heavy atom. The van der Waals surface area contributed by atoms with Crippen molar-refractivity contribution in [2.24, 2.45) is 0 Å². The molecule has 9 nitrogen and oxygen atoms in total. The van der Waals surface area contributed by atoms with Gasteiger partial charge in [-0.3, -0.25) is 14.9 Å². The topological polar surface area (TPSA) is 113 Å². The van der Waals surface area contributed by atoms with Crippen molar-refractivity contribution < 1.29 is 23.9 Å². The fourth-order valence-corrected chi connectivity index (χ4v) is 3.36. The van der Waals surface area contributed by atoms with Gasteiger partial charge in [0.25, 0.3) is 11.6 Å². The van der Waals surface area contributed by atoms with Gasteiger partial charge in [0, 0.05) is 25.1 Å². The lowest BCUT2D eigenvalue weighted by Gasteiger charge is -2.12. The second-order valence-corrected chi connectivity index (χ2v) is 7.20. The number of nitro groups is 1. The van der Waals surface area contributed by atoms with Gasteiger partial charge in [-0.2, -0.15) is 0 Å². The molecule has 0 radical (unpaired) electrons. The molecule has 0 aliphatic carbocycles. The summed E-state index contributed by atoms with van der Waals surface area (Å²) in [6, 6.07) is 10.0. The summed E-state index contributed by atoms with van der Waals surface area (Å²) in [6.45, 7) is 0.838. The molecule has 0 fully saturated rings. The van der Waals surface area contributed by atoms with Crippen LogP contribution in [0.25, 0.3) is 0 Å². The summed E-state index contributed by atoms with van der Waals surface area (Å²) in [5.74, 6) is -0.209. The summed E-state index contributed by atoms with van der Waals surface area (Å²) >= 11 is 1.42. The van der Waals surface area contributed by atoms with E-state index in [2.05, 4.69) is 10.3 Å². The average Bonchev–Trinajstić information content (AvgIpc) is 3.30. The molecule has 2 aromatic carbocycles. The largest absolute Gasteiger partial charge is 0.493 e. The van der Waals surface area contributed by atoms with Gasteiger partial charge in [0.15, 0.2) is 11.5 Å². The van der Waals surface area contributed by atoms with Gasteiger partial charge in [0.1, 0.15) is 12.2 Å². The summed E-state index contributed by atoms with van der Waals surface area (Å²) in [5, 5.41) is 16.1. The van der Waals surface area contributed by atoms with Gasteiger partial charge in [-0.25, -0.2) is 4.98 Å². The first kappa shape index (κ1) is 22.2. The van der Waals surface area contributed by atoms with Crippen LogP contribution in [0.15, 0.2) is 47.3 Å². The van der Waals surface area contributed by atoms with Gasteiger partial charge in [0.2, 0.25) is 0 Å². The minimum Gasteiger partial charge on any atom is -0.493 e. The number of hydrogen-bond acceptors (Lipinski definition) is 8. The standard InChI is InChI=1S/C21H21N3O6S/c1-28-10-15-5-3-14(4-6-15)9-22-21(25)17-7-19(29-2)20(8-18(17)24(26)27)30-11-16-12-31-13-23-16/h3-8,12-13H,9-11H2,1-2H3,(H,22,25). The van der Waals surface area contributed by atoms with E-state index in [1.54, 1.807) is 12.6 Å². The number of ether oxygens (including phenoxy) is 3. The van der Waals surface area contributed by atoms with E-state index in [1.807, 2.05) is 29.6 Å². The van der Waals surface area contributed by atoms with Crippen LogP contribution in [-0.4, -0.2) is 30.0 Å². The highest BCUT2D eigenvalue weighted by atomic mass is 32.1. The zero-order valence-electron chi connectivity index (χ0n) is 17.0. The normalized spacial score (nSPS) is 10.5. The van der Waals surface area contributed by atoms with E-state index in [4.69, 9.17) is 14.2 Å². The number of aromatic nitrogens is 1. The van der Waals surface area contributed by atoms with Gasteiger partial charge < -0.3 is 19.5 Å². The first-order chi connectivity index (χ1) is 15.0. The number of rotatable bonds is 10. The molecular weight excluding hydrogens is 422 g/mol. The number of nitro benzene ring substituents is 1. The molecule has 0 aliphatic rings. The summed E-state index contributed by atoms with van der Waals surface area (Å²) < 4.78 is 16.0. The van der Waals surface area contributed by atoms with Crippen LogP contribution in [0.5, 0.6) is 11.5 Å². The molecule has 3 rings (SSSR count). The molecule has 162 valence electrons. The van der Waals surface area contributed by atoms with E-state index in [-0.39, 0.29) is 35.9 Å². The molecule has 0 bridgehead atoms. The van der Waals surface area contributed by atoms with Crippen LogP contribution in [0.1, 0.15) is 27.2 Å². The predicted molar refractivity (Wildman–Crippen MR) is 114 cm³/mol. The first-order valence-corrected chi connectivity index (χ1v) is 10.2. The highest BCUT2D eigenvalue weighted by Crippen LogP contribution is 2.35. The molecule has 0 spiro atoms. The van der Waals surface area contributed by atoms with Crippen molar-refractivity contribution in [1.29, 1.82) is 0 Å². The maximum atomic E-state index is 12.7. The van der Waals surface area contributed by atoms with E-state index in [0.29, 0.717) is 12.3 Å². The van der Waals surface area contributed by atoms with Crippen molar-refractivity contribution >= 4 is 22.9 Å². The molecule has 1 heterocycles. The third kappa shape index (κ3) is 5.77. The Morgan fingerprint density at radius 2 is 1.87 bits per heavy atom. The van der Waals surface area contributed by atoms with Gasteiger partial charge in [0.05, 0.1) is 35.9 Å². The third-order valence-electron chi connectivity index (χ3n) is 4.37. The Morgan fingerprint density at radius 3 is 2.48 bits per heavy atom. The molecule has 1 N–H and O–H groups in total. The van der Waals surface area contributed by atoms with Crippen LogP contribution in [0, 0.1) is 10.1 Å². The first-order valence-electron chi connectivity index (χ1n) is 9.23. The van der Waals surface area contributed by atoms with Crippen LogP contribution < -0.4 is 14.8 Å². The number of benzene rings is 2. The molecule has 0 atom stereocenters. The highest BCUT2D eigenvalue weighted by molar-refractivity contribution is 7.07. The lowest BCUT2D eigenvalue weighted by Crippen LogP contribution is -2.24. The van der Waals surface area contributed by atoms with Gasteiger partial charge >= 0.3 is 0 Å². The summed E-state index contributed by atoms with van der Waals surface area (Å²) in [5.41, 5.74) is 3.72. The minimum atomic E-state index is -0.621. The molecule has 0 unspecified atom stereocenters. The predicted octanol–water partition coefficient (Wildman–Crippen LogP) is 3.72. The summed E-state index contributed by atoms with van der Waals surface area (Å²) in [7, 11) is 3.02. The Kier molecular flexibility index (Phi) is 7.52. The third-order valence-corrected chi connectivity index (χ3v) is 5.00. The number of carbonyl (C=O) groups excluding carboxylic acids is 1. The Bertz CT molecular complexity index is 1040. The summed E-state index contributed by atoms with van der Waals surface area (Å²) in [6.07, 6.45) is 0. The molecule has 0 aliphatic heterocycles. The van der Waals surface area contributed by atoms with Crippen LogP contribution in [-0.2, 0) is 24.5 Å². The van der Waals surface area contributed by atoms with E-state index in [1.165, 1.54) is 30.6 Å². The molecule has 0 saturated heterocycles. The Balaban J connectivity index is 1.76. The Hall–Kier alpha value is -3.50. The highest BCUT2D eigenvalue weighted by Gasteiger charge is 2.25. The zero-order valence-corrected chi connectivity index (χ0v) is 17.8. The smallest absolute Gasteiger partial charge is 0.286 e. The second kappa shape index (κ2) is 10.5. The van der Waals surface area contributed by atoms with Crippen LogP contribution in [0.4, 0.5) is 5.69 Å². The summed E-state index contributed by atoms with van der Waals surface area (Å²) in [4.78, 5) is 27.8. The lowest BCUT2D eigenvalue weighted by atomic mass is 10.1. The minimum absolute atomic E-state index is 0.112. The number of methoxy groups -OCH3 is 2. The molecular formula is C21H21N3O6S. The molecule has 0 saturated carbocycles. The van der Waals surface area contributed by atoms with Crippen LogP contribution in [0.3, 0.4) is 0 Å². The van der Waals surface area contributed by atoms with Crippen molar-refractivity contribution in [3.05, 3.63) is 79.8 Å². The monoisotopic (exact) mass is 443 g/mol. The van der Waals surface area contributed by atoms with Crippen molar-refractivity contribution in [3.63, 3.8) is 0 Å². The van der Waals surface area contributed by atoms with Gasteiger partial charge in [-0.05, 0) is 11.1 Å². The van der Waals surface area contributed by atoms with E-state index in [0.717, 1.165) is 11.1 Å². The maximum absolute atomic E-state index is 12.7. The van der Waals surface area contributed by atoms with Gasteiger partial charge in [-0.1, -0.05) is 24.3 Å². The number of hydrogen-bond donors (Lipinski definition) is 1. The maximum Gasteiger partial charge on any atom is 0.286 e. The average molecular weight is 443 g/mol. The van der Waals surface area contributed by atoms with Crippen molar-refractivity contribution in [2.75, 3.05) is 14.2 Å².